The highest BCUT2D eigenvalue weighted by Gasteiger charge is 2.39. The van der Waals surface area contributed by atoms with Gasteiger partial charge in [0.15, 0.2) is 0 Å². The number of halogens is 3. The van der Waals surface area contributed by atoms with Crippen LogP contribution in [0.1, 0.15) is 12.8 Å². The van der Waals surface area contributed by atoms with Crippen molar-refractivity contribution in [1.29, 1.82) is 0 Å². The zero-order valence-electron chi connectivity index (χ0n) is 10.6. The minimum atomic E-state index is -4.30. The number of hydrogen-bond donors (Lipinski definition) is 1. The Bertz CT molecular complexity index is 457. The largest absolute Gasteiger partial charge is 0.406 e. The monoisotopic (exact) mass is 276 g/mol. The molecule has 0 aromatic carbocycles. The lowest BCUT2D eigenvalue weighted by atomic mass is 10.4. The van der Waals surface area contributed by atoms with Crippen LogP contribution in [-0.4, -0.2) is 47.8 Å². The zero-order valence-corrected chi connectivity index (χ0v) is 10.6. The van der Waals surface area contributed by atoms with Crippen molar-refractivity contribution in [3.63, 3.8) is 0 Å². The topological polar surface area (TPSA) is 71.2 Å². The van der Waals surface area contributed by atoms with Crippen molar-refractivity contribution in [2.24, 2.45) is 0 Å². The smallest absolute Gasteiger partial charge is 0.368 e. The van der Waals surface area contributed by atoms with Crippen LogP contribution < -0.4 is 15.5 Å². The fourth-order valence-corrected chi connectivity index (χ4v) is 1.64. The number of nitrogens with zero attached hydrogens (tertiary/aromatic N) is 5. The summed E-state index contributed by atoms with van der Waals surface area (Å²) < 4.78 is 37.8. The molecule has 2 rings (SSSR count). The van der Waals surface area contributed by atoms with E-state index in [-0.39, 0.29) is 23.9 Å². The molecule has 106 valence electrons. The van der Waals surface area contributed by atoms with Crippen LogP contribution in [0, 0.1) is 0 Å². The molecule has 0 atom stereocenters. The molecule has 1 fully saturated rings. The number of hydrogen-bond acceptors (Lipinski definition) is 6. The molecule has 6 nitrogen and oxygen atoms in total. The van der Waals surface area contributed by atoms with Gasteiger partial charge < -0.3 is 15.5 Å². The fourth-order valence-electron chi connectivity index (χ4n) is 1.64. The average molecular weight is 276 g/mol. The molecular weight excluding hydrogens is 261 g/mol. The molecule has 1 aromatic heterocycles. The van der Waals surface area contributed by atoms with Gasteiger partial charge in [-0.05, 0) is 12.8 Å². The van der Waals surface area contributed by atoms with Crippen molar-refractivity contribution < 1.29 is 13.2 Å². The molecule has 0 radical (unpaired) electrons. The Morgan fingerprint density at radius 3 is 2.21 bits per heavy atom. The van der Waals surface area contributed by atoms with Crippen molar-refractivity contribution >= 4 is 17.8 Å². The molecule has 0 bridgehead atoms. The maximum atomic E-state index is 12.6. The first-order valence-corrected chi connectivity index (χ1v) is 5.78. The molecule has 0 spiro atoms. The number of alkyl halides is 3. The standard InChI is InChI=1S/C10H15F3N6/c1-18(2)8-15-7(14)16-9(17-8)19(6-3-4-6)5-10(11,12)13/h6H,3-5H2,1-2H3,(H2,14,15,16,17). The van der Waals surface area contributed by atoms with Crippen LogP contribution in [0.25, 0.3) is 0 Å². The second kappa shape index (κ2) is 4.71. The van der Waals surface area contributed by atoms with Crippen molar-refractivity contribution in [2.75, 3.05) is 36.2 Å². The van der Waals surface area contributed by atoms with Gasteiger partial charge in [-0.15, -0.1) is 0 Å². The van der Waals surface area contributed by atoms with Crippen molar-refractivity contribution in [2.45, 2.75) is 25.1 Å². The first kappa shape index (κ1) is 13.6. The van der Waals surface area contributed by atoms with Crippen molar-refractivity contribution in [1.82, 2.24) is 15.0 Å². The molecule has 1 heterocycles. The Hall–Kier alpha value is -1.80. The van der Waals surface area contributed by atoms with E-state index in [1.165, 1.54) is 0 Å². The van der Waals surface area contributed by atoms with Gasteiger partial charge >= 0.3 is 6.18 Å². The predicted molar refractivity (Wildman–Crippen MR) is 65.0 cm³/mol. The third-order valence-electron chi connectivity index (χ3n) is 2.62. The summed E-state index contributed by atoms with van der Waals surface area (Å²) in [5.74, 6) is 0.146. The van der Waals surface area contributed by atoms with Gasteiger partial charge in [0.1, 0.15) is 6.54 Å². The van der Waals surface area contributed by atoms with Crippen LogP contribution in [-0.2, 0) is 0 Å². The van der Waals surface area contributed by atoms with Gasteiger partial charge in [-0.25, -0.2) is 0 Å². The molecule has 0 aliphatic heterocycles. The number of aromatic nitrogens is 3. The summed E-state index contributed by atoms with van der Waals surface area (Å²) in [6.45, 7) is -1.08. The van der Waals surface area contributed by atoms with E-state index >= 15 is 0 Å². The fraction of sp³-hybridized carbons (Fsp3) is 0.700. The molecule has 1 aliphatic carbocycles. The normalized spacial score (nSPS) is 15.4. The van der Waals surface area contributed by atoms with E-state index in [2.05, 4.69) is 15.0 Å². The van der Waals surface area contributed by atoms with Gasteiger partial charge in [0.25, 0.3) is 0 Å². The summed E-state index contributed by atoms with van der Waals surface area (Å²) >= 11 is 0. The molecular formula is C10H15F3N6. The SMILES string of the molecule is CN(C)c1nc(N)nc(N(CC(F)(F)F)C2CC2)n1. The highest BCUT2D eigenvalue weighted by Crippen LogP contribution is 2.33. The second-order valence-corrected chi connectivity index (χ2v) is 4.66. The summed E-state index contributed by atoms with van der Waals surface area (Å²) in [7, 11) is 3.37. The molecule has 0 unspecified atom stereocenters. The van der Waals surface area contributed by atoms with Crippen molar-refractivity contribution in [3.8, 4) is 0 Å². The first-order valence-electron chi connectivity index (χ1n) is 5.78. The van der Waals surface area contributed by atoms with E-state index in [0.717, 1.165) is 4.90 Å². The van der Waals surface area contributed by atoms with E-state index in [9.17, 15) is 13.2 Å². The molecule has 1 aromatic rings. The number of rotatable bonds is 4. The molecule has 1 aliphatic rings. The van der Waals surface area contributed by atoms with E-state index in [4.69, 9.17) is 5.73 Å². The van der Waals surface area contributed by atoms with E-state index < -0.39 is 12.7 Å². The molecule has 19 heavy (non-hydrogen) atoms. The summed E-state index contributed by atoms with van der Waals surface area (Å²) in [6.07, 6.45) is -2.89. The average Bonchev–Trinajstić information content (AvgIpc) is 3.07. The van der Waals surface area contributed by atoms with Crippen LogP contribution in [0.3, 0.4) is 0 Å². The van der Waals surface area contributed by atoms with Crippen LogP contribution in [0.2, 0.25) is 0 Å². The molecule has 2 N–H and O–H groups in total. The quantitative estimate of drug-likeness (QED) is 0.886. The minimum Gasteiger partial charge on any atom is -0.368 e. The lowest BCUT2D eigenvalue weighted by Gasteiger charge is -2.24. The molecule has 1 saturated carbocycles. The Kier molecular flexibility index (Phi) is 3.38. The van der Waals surface area contributed by atoms with Crippen LogP contribution in [0.15, 0.2) is 0 Å². The highest BCUT2D eigenvalue weighted by molar-refractivity contribution is 5.44. The number of nitrogens with two attached hydrogens (primary N) is 1. The van der Waals surface area contributed by atoms with Gasteiger partial charge in [-0.1, -0.05) is 0 Å². The lowest BCUT2D eigenvalue weighted by molar-refractivity contribution is -0.120. The molecule has 9 heteroatoms. The Labute approximate surface area is 108 Å². The molecule has 0 amide bonds. The zero-order chi connectivity index (χ0) is 14.2. The van der Waals surface area contributed by atoms with Gasteiger partial charge in [0.2, 0.25) is 17.8 Å². The Balaban J connectivity index is 2.31. The van der Waals surface area contributed by atoms with Gasteiger partial charge in [0.05, 0.1) is 0 Å². The third kappa shape index (κ3) is 3.58. The van der Waals surface area contributed by atoms with E-state index in [1.807, 2.05) is 0 Å². The first-order chi connectivity index (χ1) is 8.76. The Morgan fingerprint density at radius 2 is 1.74 bits per heavy atom. The maximum Gasteiger partial charge on any atom is 0.406 e. The molecule has 0 saturated heterocycles. The minimum absolute atomic E-state index is 0.0176. The predicted octanol–water partition coefficient (Wildman–Crippen LogP) is 1.05. The third-order valence-corrected chi connectivity index (χ3v) is 2.62. The highest BCUT2D eigenvalue weighted by atomic mass is 19.4. The summed E-state index contributed by atoms with van der Waals surface area (Å²) in [5, 5.41) is 0. The van der Waals surface area contributed by atoms with Gasteiger partial charge in [-0.2, -0.15) is 28.1 Å². The van der Waals surface area contributed by atoms with Crippen molar-refractivity contribution in [3.05, 3.63) is 0 Å². The van der Waals surface area contributed by atoms with Crippen LogP contribution in [0.5, 0.6) is 0 Å². The Morgan fingerprint density at radius 1 is 1.16 bits per heavy atom. The van der Waals surface area contributed by atoms with Gasteiger partial charge in [0, 0.05) is 20.1 Å². The van der Waals surface area contributed by atoms with E-state index in [0.29, 0.717) is 12.8 Å². The summed E-state index contributed by atoms with van der Waals surface area (Å²) in [4.78, 5) is 14.4. The number of anilines is 3. The number of nitrogen functional groups attached to an aromatic ring is 1. The van der Waals surface area contributed by atoms with E-state index in [1.54, 1.807) is 19.0 Å². The van der Waals surface area contributed by atoms with Crippen LogP contribution in [0.4, 0.5) is 31.0 Å². The maximum absolute atomic E-state index is 12.6. The second-order valence-electron chi connectivity index (χ2n) is 4.66. The summed E-state index contributed by atoms with van der Waals surface area (Å²) in [6, 6.07) is -0.168. The lowest BCUT2D eigenvalue weighted by Crippen LogP contribution is -2.37. The van der Waals surface area contributed by atoms with Gasteiger partial charge in [-0.3, -0.25) is 0 Å². The summed E-state index contributed by atoms with van der Waals surface area (Å²) in [5.41, 5.74) is 5.52. The van der Waals surface area contributed by atoms with Crippen LogP contribution >= 0.6 is 0 Å².